The van der Waals surface area contributed by atoms with Crippen LogP contribution in [0.25, 0.3) is 0 Å². The second-order valence-electron chi connectivity index (χ2n) is 8.02. The Balaban J connectivity index is 1.36. The number of nitrogens with zero attached hydrogens (tertiary/aromatic N) is 5. The summed E-state index contributed by atoms with van der Waals surface area (Å²) >= 11 is 0. The van der Waals surface area contributed by atoms with Gasteiger partial charge in [-0.25, -0.2) is 14.7 Å². The first-order valence-corrected chi connectivity index (χ1v) is 11.0. The predicted octanol–water partition coefficient (Wildman–Crippen LogP) is 2.97. The molecule has 3 aromatic rings. The molecule has 1 aliphatic rings. The van der Waals surface area contributed by atoms with Crippen molar-refractivity contribution in [2.75, 3.05) is 24.5 Å². The Morgan fingerprint density at radius 1 is 1.16 bits per heavy atom. The van der Waals surface area contributed by atoms with Crippen LogP contribution in [0.15, 0.2) is 66.2 Å². The van der Waals surface area contributed by atoms with Gasteiger partial charge in [-0.15, -0.1) is 0 Å². The molecule has 0 bridgehead atoms. The number of guanidine groups is 1. The van der Waals surface area contributed by atoms with E-state index in [0.29, 0.717) is 19.1 Å². The number of aryl methyl sites for hydroxylation is 1. The SMILES string of the molecule is CCNC(=NCc1cccc(Cn2cncn2)c1)NC1CCN(c2ccc(C)cc2)C1. The van der Waals surface area contributed by atoms with Crippen LogP contribution in [0.2, 0.25) is 0 Å². The summed E-state index contributed by atoms with van der Waals surface area (Å²) in [4.78, 5) is 11.3. The third-order valence-corrected chi connectivity index (χ3v) is 5.49. The molecule has 0 spiro atoms. The van der Waals surface area contributed by atoms with E-state index in [9.17, 15) is 0 Å². The Labute approximate surface area is 184 Å². The van der Waals surface area contributed by atoms with Gasteiger partial charge < -0.3 is 15.5 Å². The Morgan fingerprint density at radius 3 is 2.77 bits per heavy atom. The van der Waals surface area contributed by atoms with E-state index in [1.807, 2.05) is 4.68 Å². The van der Waals surface area contributed by atoms with Crippen molar-refractivity contribution in [1.29, 1.82) is 0 Å². The zero-order valence-corrected chi connectivity index (χ0v) is 18.3. The Morgan fingerprint density at radius 2 is 2.00 bits per heavy atom. The van der Waals surface area contributed by atoms with Crippen molar-refractivity contribution < 1.29 is 0 Å². The molecule has 4 rings (SSSR count). The lowest BCUT2D eigenvalue weighted by Crippen LogP contribution is -2.44. The Bertz CT molecular complexity index is 979. The summed E-state index contributed by atoms with van der Waals surface area (Å²) in [5.74, 6) is 0.875. The zero-order valence-electron chi connectivity index (χ0n) is 18.3. The van der Waals surface area contributed by atoms with Gasteiger partial charge >= 0.3 is 0 Å². The number of aromatic nitrogens is 3. The van der Waals surface area contributed by atoms with Gasteiger partial charge in [0.15, 0.2) is 5.96 Å². The van der Waals surface area contributed by atoms with Gasteiger partial charge in [0, 0.05) is 31.4 Å². The van der Waals surface area contributed by atoms with Crippen LogP contribution in [0.5, 0.6) is 0 Å². The van der Waals surface area contributed by atoms with E-state index in [0.717, 1.165) is 32.0 Å². The highest BCUT2D eigenvalue weighted by Gasteiger charge is 2.23. The predicted molar refractivity (Wildman–Crippen MR) is 125 cm³/mol. The van der Waals surface area contributed by atoms with Gasteiger partial charge in [-0.2, -0.15) is 5.10 Å². The number of hydrogen-bond donors (Lipinski definition) is 2. The van der Waals surface area contributed by atoms with Crippen molar-refractivity contribution in [3.05, 3.63) is 77.9 Å². The fourth-order valence-corrected chi connectivity index (χ4v) is 3.88. The average Bonchev–Trinajstić information content (AvgIpc) is 3.45. The molecule has 1 saturated heterocycles. The van der Waals surface area contributed by atoms with Crippen molar-refractivity contribution in [2.45, 2.75) is 39.4 Å². The summed E-state index contributed by atoms with van der Waals surface area (Å²) in [5, 5.41) is 11.2. The molecule has 1 unspecified atom stereocenters. The topological polar surface area (TPSA) is 70.4 Å². The minimum Gasteiger partial charge on any atom is -0.369 e. The molecule has 1 aliphatic heterocycles. The normalized spacial score (nSPS) is 16.5. The largest absolute Gasteiger partial charge is 0.369 e. The maximum atomic E-state index is 4.84. The van der Waals surface area contributed by atoms with Gasteiger partial charge in [0.05, 0.1) is 13.1 Å². The molecular weight excluding hydrogens is 386 g/mol. The van der Waals surface area contributed by atoms with Crippen LogP contribution in [-0.4, -0.2) is 46.4 Å². The van der Waals surface area contributed by atoms with Gasteiger partial charge in [-0.1, -0.05) is 42.0 Å². The molecule has 2 N–H and O–H groups in total. The van der Waals surface area contributed by atoms with E-state index in [-0.39, 0.29) is 0 Å². The first-order chi connectivity index (χ1) is 15.2. The number of anilines is 1. The molecule has 1 atom stereocenters. The van der Waals surface area contributed by atoms with Gasteiger partial charge in [0.25, 0.3) is 0 Å². The number of aliphatic imine (C=N–C) groups is 1. The van der Waals surface area contributed by atoms with Gasteiger partial charge in [-0.3, -0.25) is 0 Å². The summed E-state index contributed by atoms with van der Waals surface area (Å²) in [6.07, 6.45) is 4.40. The molecular formula is C24H31N7. The van der Waals surface area contributed by atoms with E-state index in [1.165, 1.54) is 22.4 Å². The van der Waals surface area contributed by atoms with E-state index in [2.05, 4.69) is 88.0 Å². The highest BCUT2D eigenvalue weighted by atomic mass is 15.3. The lowest BCUT2D eigenvalue weighted by atomic mass is 10.1. The fraction of sp³-hybridized carbons (Fsp3) is 0.375. The molecule has 7 heteroatoms. The van der Waals surface area contributed by atoms with Crippen LogP contribution in [0.4, 0.5) is 5.69 Å². The second-order valence-corrected chi connectivity index (χ2v) is 8.02. The van der Waals surface area contributed by atoms with E-state index >= 15 is 0 Å². The molecule has 162 valence electrons. The zero-order chi connectivity index (χ0) is 21.5. The van der Waals surface area contributed by atoms with Crippen molar-refractivity contribution in [2.24, 2.45) is 4.99 Å². The molecule has 7 nitrogen and oxygen atoms in total. The third kappa shape index (κ3) is 5.84. The van der Waals surface area contributed by atoms with Crippen LogP contribution in [0.1, 0.15) is 30.0 Å². The van der Waals surface area contributed by atoms with Crippen LogP contribution in [0, 0.1) is 6.92 Å². The maximum absolute atomic E-state index is 4.84. The van der Waals surface area contributed by atoms with E-state index in [1.54, 1.807) is 12.7 Å². The standard InChI is InChI=1S/C24H31N7/c1-3-26-24(29-22-11-12-30(16-22)23-9-7-19(2)8-10-23)27-14-20-5-4-6-21(13-20)15-31-18-25-17-28-31/h4-10,13,17-18,22H,3,11-12,14-16H2,1-2H3,(H2,26,27,29). The Hall–Kier alpha value is -3.35. The first kappa shape index (κ1) is 20.9. The average molecular weight is 418 g/mol. The summed E-state index contributed by atoms with van der Waals surface area (Å²) in [6.45, 7) is 8.46. The molecule has 0 radical (unpaired) electrons. The van der Waals surface area contributed by atoms with Crippen LogP contribution in [0.3, 0.4) is 0 Å². The van der Waals surface area contributed by atoms with Crippen LogP contribution in [-0.2, 0) is 13.1 Å². The molecule has 2 aromatic carbocycles. The Kier molecular flexibility index (Phi) is 6.82. The van der Waals surface area contributed by atoms with Crippen molar-refractivity contribution in [3.63, 3.8) is 0 Å². The first-order valence-electron chi connectivity index (χ1n) is 11.0. The quantitative estimate of drug-likeness (QED) is 0.457. The molecule has 0 amide bonds. The minimum atomic E-state index is 0.387. The molecule has 2 heterocycles. The van der Waals surface area contributed by atoms with Crippen LogP contribution < -0.4 is 15.5 Å². The van der Waals surface area contributed by atoms with Gasteiger partial charge in [-0.05, 0) is 43.5 Å². The van der Waals surface area contributed by atoms with Crippen LogP contribution >= 0.6 is 0 Å². The van der Waals surface area contributed by atoms with E-state index in [4.69, 9.17) is 4.99 Å². The molecule has 1 fully saturated rings. The van der Waals surface area contributed by atoms with Gasteiger partial charge in [0.2, 0.25) is 0 Å². The van der Waals surface area contributed by atoms with Crippen molar-refractivity contribution in [3.8, 4) is 0 Å². The summed E-state index contributed by atoms with van der Waals surface area (Å²) in [6, 6.07) is 17.7. The third-order valence-electron chi connectivity index (χ3n) is 5.49. The fourth-order valence-electron chi connectivity index (χ4n) is 3.88. The monoisotopic (exact) mass is 417 g/mol. The number of rotatable bonds is 7. The number of benzene rings is 2. The minimum absolute atomic E-state index is 0.387. The second kappa shape index (κ2) is 10.1. The maximum Gasteiger partial charge on any atom is 0.191 e. The lowest BCUT2D eigenvalue weighted by Gasteiger charge is -2.20. The molecule has 0 aliphatic carbocycles. The van der Waals surface area contributed by atoms with Gasteiger partial charge in [0.1, 0.15) is 12.7 Å². The molecule has 1 aromatic heterocycles. The highest BCUT2D eigenvalue weighted by Crippen LogP contribution is 2.20. The molecule has 0 saturated carbocycles. The molecule has 31 heavy (non-hydrogen) atoms. The van der Waals surface area contributed by atoms with Crippen molar-refractivity contribution in [1.82, 2.24) is 25.4 Å². The summed E-state index contributed by atoms with van der Waals surface area (Å²) in [7, 11) is 0. The summed E-state index contributed by atoms with van der Waals surface area (Å²) < 4.78 is 1.83. The number of hydrogen-bond acceptors (Lipinski definition) is 4. The lowest BCUT2D eigenvalue weighted by molar-refractivity contribution is 0.649. The summed E-state index contributed by atoms with van der Waals surface area (Å²) in [5.41, 5.74) is 4.97. The van der Waals surface area contributed by atoms with E-state index < -0.39 is 0 Å². The highest BCUT2D eigenvalue weighted by molar-refractivity contribution is 5.80. The smallest absolute Gasteiger partial charge is 0.191 e. The number of nitrogens with one attached hydrogen (secondary N) is 2. The van der Waals surface area contributed by atoms with Crippen molar-refractivity contribution >= 4 is 11.6 Å².